The van der Waals surface area contributed by atoms with Crippen molar-refractivity contribution in [3.8, 4) is 11.5 Å². The van der Waals surface area contributed by atoms with E-state index in [0.29, 0.717) is 13.3 Å². The van der Waals surface area contributed by atoms with E-state index in [-0.39, 0.29) is 0 Å². The van der Waals surface area contributed by atoms with Crippen molar-refractivity contribution in [2.75, 3.05) is 13.3 Å². The van der Waals surface area contributed by atoms with Gasteiger partial charge in [-0.25, -0.2) is 0 Å². The Morgan fingerprint density at radius 2 is 1.80 bits per heavy atom. The maximum Gasteiger partial charge on any atom is 0.231 e. The van der Waals surface area contributed by atoms with Crippen LogP contribution in [0.5, 0.6) is 11.5 Å². The van der Waals surface area contributed by atoms with Gasteiger partial charge in [-0.05, 0) is 30.5 Å². The lowest BCUT2D eigenvalue weighted by molar-refractivity contribution is 0.0250. The molecule has 0 bridgehead atoms. The Morgan fingerprint density at radius 3 is 2.60 bits per heavy atom. The molecule has 1 aromatic rings. The summed E-state index contributed by atoms with van der Waals surface area (Å²) in [4.78, 5) is 0. The van der Waals surface area contributed by atoms with Crippen LogP contribution in [0.3, 0.4) is 0 Å². The Labute approximate surface area is 120 Å². The zero-order valence-electron chi connectivity index (χ0n) is 11.9. The SMILES string of the molecule is OC1(CNCc2ccc3c(c2)OCO3)CCCCCC1. The van der Waals surface area contributed by atoms with Crippen molar-refractivity contribution in [1.82, 2.24) is 5.32 Å². The van der Waals surface area contributed by atoms with Gasteiger partial charge in [-0.15, -0.1) is 0 Å². The summed E-state index contributed by atoms with van der Waals surface area (Å²) >= 11 is 0. The van der Waals surface area contributed by atoms with E-state index in [1.54, 1.807) is 0 Å². The molecule has 4 nitrogen and oxygen atoms in total. The molecule has 1 aliphatic heterocycles. The molecule has 4 heteroatoms. The second-order valence-corrected chi connectivity index (χ2v) is 5.93. The molecular weight excluding hydrogens is 254 g/mol. The summed E-state index contributed by atoms with van der Waals surface area (Å²) in [7, 11) is 0. The molecule has 1 aromatic carbocycles. The highest BCUT2D eigenvalue weighted by molar-refractivity contribution is 5.44. The van der Waals surface area contributed by atoms with E-state index >= 15 is 0 Å². The van der Waals surface area contributed by atoms with Crippen molar-refractivity contribution < 1.29 is 14.6 Å². The first-order valence-electron chi connectivity index (χ1n) is 7.57. The average Bonchev–Trinajstić information content (AvgIpc) is 2.80. The molecule has 1 fully saturated rings. The molecule has 0 unspecified atom stereocenters. The molecule has 0 spiro atoms. The van der Waals surface area contributed by atoms with E-state index in [0.717, 1.165) is 49.3 Å². The smallest absolute Gasteiger partial charge is 0.231 e. The summed E-state index contributed by atoms with van der Waals surface area (Å²) in [6, 6.07) is 5.99. The first-order valence-corrected chi connectivity index (χ1v) is 7.57. The van der Waals surface area contributed by atoms with Gasteiger partial charge in [0.05, 0.1) is 5.60 Å². The highest BCUT2D eigenvalue weighted by atomic mass is 16.7. The fourth-order valence-electron chi connectivity index (χ4n) is 3.05. The molecule has 2 aliphatic rings. The van der Waals surface area contributed by atoms with Gasteiger partial charge in [-0.1, -0.05) is 31.7 Å². The number of rotatable bonds is 4. The maximum absolute atomic E-state index is 10.6. The van der Waals surface area contributed by atoms with Gasteiger partial charge in [0.1, 0.15) is 0 Å². The molecule has 0 saturated heterocycles. The van der Waals surface area contributed by atoms with Crippen molar-refractivity contribution >= 4 is 0 Å². The maximum atomic E-state index is 10.6. The monoisotopic (exact) mass is 277 g/mol. The van der Waals surface area contributed by atoms with E-state index < -0.39 is 5.60 Å². The molecule has 0 radical (unpaired) electrons. The molecule has 2 N–H and O–H groups in total. The van der Waals surface area contributed by atoms with Crippen LogP contribution in [0.1, 0.15) is 44.1 Å². The van der Waals surface area contributed by atoms with Crippen LogP contribution < -0.4 is 14.8 Å². The van der Waals surface area contributed by atoms with Crippen molar-refractivity contribution in [2.24, 2.45) is 0 Å². The predicted octanol–water partition coefficient (Wildman–Crippen LogP) is 2.59. The lowest BCUT2D eigenvalue weighted by Crippen LogP contribution is -2.39. The van der Waals surface area contributed by atoms with Gasteiger partial charge in [0.15, 0.2) is 11.5 Å². The molecule has 1 saturated carbocycles. The third kappa shape index (κ3) is 3.25. The number of ether oxygens (including phenoxy) is 2. The normalized spacial score (nSPS) is 20.6. The number of hydrogen-bond donors (Lipinski definition) is 2. The second-order valence-electron chi connectivity index (χ2n) is 5.93. The van der Waals surface area contributed by atoms with E-state index in [9.17, 15) is 5.11 Å². The largest absolute Gasteiger partial charge is 0.454 e. The fourth-order valence-corrected chi connectivity index (χ4v) is 3.05. The zero-order chi connectivity index (χ0) is 13.8. The summed E-state index contributed by atoms with van der Waals surface area (Å²) in [5, 5.41) is 14.0. The van der Waals surface area contributed by atoms with Crippen LogP contribution in [0.2, 0.25) is 0 Å². The summed E-state index contributed by atoms with van der Waals surface area (Å²) < 4.78 is 10.7. The van der Waals surface area contributed by atoms with Gasteiger partial charge in [-0.2, -0.15) is 0 Å². The van der Waals surface area contributed by atoms with E-state index in [2.05, 4.69) is 5.32 Å². The predicted molar refractivity (Wildman–Crippen MR) is 76.9 cm³/mol. The molecule has 0 aromatic heterocycles. The quantitative estimate of drug-likeness (QED) is 0.831. The third-order valence-corrected chi connectivity index (χ3v) is 4.25. The molecule has 3 rings (SSSR count). The Kier molecular flexibility index (Phi) is 4.13. The number of hydrogen-bond acceptors (Lipinski definition) is 4. The first-order chi connectivity index (χ1) is 9.75. The van der Waals surface area contributed by atoms with Gasteiger partial charge in [0, 0.05) is 13.1 Å². The molecule has 0 atom stereocenters. The molecule has 1 aliphatic carbocycles. The van der Waals surface area contributed by atoms with Gasteiger partial charge >= 0.3 is 0 Å². The topological polar surface area (TPSA) is 50.7 Å². The van der Waals surface area contributed by atoms with Crippen molar-refractivity contribution in [1.29, 1.82) is 0 Å². The van der Waals surface area contributed by atoms with E-state index in [4.69, 9.17) is 9.47 Å². The lowest BCUT2D eigenvalue weighted by atomic mass is 9.94. The lowest BCUT2D eigenvalue weighted by Gasteiger charge is -2.27. The third-order valence-electron chi connectivity index (χ3n) is 4.25. The van der Waals surface area contributed by atoms with Crippen molar-refractivity contribution in [2.45, 2.75) is 50.7 Å². The molecule has 0 amide bonds. The van der Waals surface area contributed by atoms with Crippen LogP contribution in [0.4, 0.5) is 0 Å². The summed E-state index contributed by atoms with van der Waals surface area (Å²) in [5.41, 5.74) is 0.638. The highest BCUT2D eigenvalue weighted by Gasteiger charge is 2.27. The number of nitrogens with one attached hydrogen (secondary N) is 1. The summed E-state index contributed by atoms with van der Waals surface area (Å²) in [5.74, 6) is 1.63. The second kappa shape index (κ2) is 6.02. The summed E-state index contributed by atoms with van der Waals surface area (Å²) in [6.07, 6.45) is 6.63. The van der Waals surface area contributed by atoms with Crippen LogP contribution in [-0.4, -0.2) is 24.0 Å². The van der Waals surface area contributed by atoms with Crippen LogP contribution in [0.25, 0.3) is 0 Å². The number of benzene rings is 1. The van der Waals surface area contributed by atoms with Crippen LogP contribution >= 0.6 is 0 Å². The average molecular weight is 277 g/mol. The fraction of sp³-hybridized carbons (Fsp3) is 0.625. The number of fused-ring (bicyclic) bond motifs is 1. The number of aliphatic hydroxyl groups is 1. The highest BCUT2D eigenvalue weighted by Crippen LogP contribution is 2.32. The van der Waals surface area contributed by atoms with Crippen molar-refractivity contribution in [3.05, 3.63) is 23.8 Å². The zero-order valence-corrected chi connectivity index (χ0v) is 11.9. The Bertz CT molecular complexity index is 453. The Morgan fingerprint density at radius 1 is 1.05 bits per heavy atom. The van der Waals surface area contributed by atoms with Gasteiger partial charge in [-0.3, -0.25) is 0 Å². The standard InChI is InChI=1S/C16H23NO3/c18-16(7-3-1-2-4-8-16)11-17-10-13-5-6-14-15(9-13)20-12-19-14/h5-6,9,17-18H,1-4,7-8,10-12H2. The van der Waals surface area contributed by atoms with E-state index in [1.807, 2.05) is 18.2 Å². The van der Waals surface area contributed by atoms with Gasteiger partial charge in [0.2, 0.25) is 6.79 Å². The molecule has 20 heavy (non-hydrogen) atoms. The van der Waals surface area contributed by atoms with Crippen LogP contribution in [0.15, 0.2) is 18.2 Å². The van der Waals surface area contributed by atoms with Crippen molar-refractivity contribution in [3.63, 3.8) is 0 Å². The minimum absolute atomic E-state index is 0.311. The first kappa shape index (κ1) is 13.7. The van der Waals surface area contributed by atoms with Gasteiger partial charge in [0.25, 0.3) is 0 Å². The molecule has 1 heterocycles. The Hall–Kier alpha value is -1.26. The minimum Gasteiger partial charge on any atom is -0.454 e. The molecule has 110 valence electrons. The van der Waals surface area contributed by atoms with E-state index in [1.165, 1.54) is 12.8 Å². The Balaban J connectivity index is 1.52. The molecular formula is C16H23NO3. The van der Waals surface area contributed by atoms with Crippen LogP contribution in [0, 0.1) is 0 Å². The minimum atomic E-state index is -0.521. The van der Waals surface area contributed by atoms with Gasteiger partial charge < -0.3 is 19.9 Å². The van der Waals surface area contributed by atoms with Crippen LogP contribution in [-0.2, 0) is 6.54 Å². The summed E-state index contributed by atoms with van der Waals surface area (Å²) in [6.45, 7) is 1.73.